The monoisotopic (exact) mass is 286 g/mol. The lowest BCUT2D eigenvalue weighted by molar-refractivity contribution is -0.143. The van der Waals surface area contributed by atoms with Gasteiger partial charge in [0.15, 0.2) is 0 Å². The average molecular weight is 287 g/mol. The van der Waals surface area contributed by atoms with E-state index in [0.717, 1.165) is 13.0 Å². The van der Waals surface area contributed by atoms with E-state index in [1.165, 1.54) is 12.1 Å². The molecule has 0 aromatic heterocycles. The highest BCUT2D eigenvalue weighted by atomic mass is 35.5. The Labute approximate surface area is 116 Å². The first-order valence-electron chi connectivity index (χ1n) is 6.22. The molecule has 0 amide bonds. The number of nitrogens with one attached hydrogen (secondary N) is 1. The largest absolute Gasteiger partial charge is 0.480 e. The van der Waals surface area contributed by atoms with Gasteiger partial charge in [0.1, 0.15) is 11.9 Å². The summed E-state index contributed by atoms with van der Waals surface area (Å²) >= 11 is 5.73. The molecule has 2 rings (SSSR count). The minimum atomic E-state index is -1.05. The van der Waals surface area contributed by atoms with Crippen molar-refractivity contribution in [1.29, 1.82) is 0 Å². The number of rotatable bonds is 3. The average Bonchev–Trinajstić information content (AvgIpc) is 2.63. The van der Waals surface area contributed by atoms with E-state index in [1.54, 1.807) is 11.0 Å². The number of benzene rings is 1. The summed E-state index contributed by atoms with van der Waals surface area (Å²) < 4.78 is 14.0. The third-order valence-electron chi connectivity index (χ3n) is 3.25. The van der Waals surface area contributed by atoms with Gasteiger partial charge in [0.2, 0.25) is 0 Å². The number of carboxylic acids is 1. The van der Waals surface area contributed by atoms with Gasteiger partial charge in [-0.25, -0.2) is 4.39 Å². The summed E-state index contributed by atoms with van der Waals surface area (Å²) in [6, 6.07) is 3.49. The number of nitrogens with zero attached hydrogens (tertiary/aromatic N) is 1. The number of aliphatic carboxylic acids is 1. The molecule has 0 radical (unpaired) electrons. The lowest BCUT2D eigenvalue weighted by Crippen LogP contribution is -2.37. The van der Waals surface area contributed by atoms with E-state index in [-0.39, 0.29) is 10.6 Å². The van der Waals surface area contributed by atoms with Crippen molar-refractivity contribution in [2.24, 2.45) is 0 Å². The second-order valence-electron chi connectivity index (χ2n) is 4.52. The highest BCUT2D eigenvalue weighted by molar-refractivity contribution is 6.30. The molecule has 6 heteroatoms. The van der Waals surface area contributed by atoms with Crippen LogP contribution in [0.25, 0.3) is 0 Å². The Morgan fingerprint density at radius 1 is 1.42 bits per heavy atom. The van der Waals surface area contributed by atoms with Crippen molar-refractivity contribution in [3.05, 3.63) is 34.6 Å². The van der Waals surface area contributed by atoms with E-state index in [1.807, 2.05) is 0 Å². The molecule has 1 aromatic rings. The van der Waals surface area contributed by atoms with Crippen LogP contribution in [0.3, 0.4) is 0 Å². The van der Waals surface area contributed by atoms with Crippen LogP contribution in [0, 0.1) is 5.82 Å². The van der Waals surface area contributed by atoms with Gasteiger partial charge in [-0.1, -0.05) is 23.7 Å². The SMILES string of the molecule is O=C(O)C(c1cccc(Cl)c1F)N1CCCNCC1. The van der Waals surface area contributed by atoms with Crippen LogP contribution >= 0.6 is 11.6 Å². The molecule has 1 aliphatic heterocycles. The highest BCUT2D eigenvalue weighted by Crippen LogP contribution is 2.28. The zero-order valence-electron chi connectivity index (χ0n) is 10.4. The number of hydrogen-bond donors (Lipinski definition) is 2. The molecule has 1 atom stereocenters. The fraction of sp³-hybridized carbons (Fsp3) is 0.462. The second-order valence-corrected chi connectivity index (χ2v) is 4.93. The Bertz CT molecular complexity index is 462. The van der Waals surface area contributed by atoms with Crippen molar-refractivity contribution >= 4 is 17.6 Å². The van der Waals surface area contributed by atoms with Gasteiger partial charge in [-0.2, -0.15) is 0 Å². The van der Waals surface area contributed by atoms with Crippen molar-refractivity contribution in [3.8, 4) is 0 Å². The van der Waals surface area contributed by atoms with Crippen LogP contribution in [0.5, 0.6) is 0 Å². The molecule has 0 bridgehead atoms. The van der Waals surface area contributed by atoms with Crippen LogP contribution < -0.4 is 5.32 Å². The normalized spacial score (nSPS) is 18.8. The van der Waals surface area contributed by atoms with E-state index >= 15 is 0 Å². The zero-order chi connectivity index (χ0) is 13.8. The van der Waals surface area contributed by atoms with E-state index in [2.05, 4.69) is 5.32 Å². The summed E-state index contributed by atoms with van der Waals surface area (Å²) in [6.45, 7) is 2.74. The topological polar surface area (TPSA) is 52.6 Å². The van der Waals surface area contributed by atoms with Crippen molar-refractivity contribution < 1.29 is 14.3 Å². The summed E-state index contributed by atoms with van der Waals surface area (Å²) in [7, 11) is 0. The van der Waals surface area contributed by atoms with Crippen molar-refractivity contribution in [2.45, 2.75) is 12.5 Å². The quantitative estimate of drug-likeness (QED) is 0.891. The molecule has 19 heavy (non-hydrogen) atoms. The van der Waals surface area contributed by atoms with Crippen LogP contribution in [0.2, 0.25) is 5.02 Å². The predicted molar refractivity (Wildman–Crippen MR) is 70.8 cm³/mol. The Balaban J connectivity index is 2.33. The fourth-order valence-corrected chi connectivity index (χ4v) is 2.52. The van der Waals surface area contributed by atoms with Gasteiger partial charge in [-0.15, -0.1) is 0 Å². The summed E-state index contributed by atoms with van der Waals surface area (Å²) in [4.78, 5) is 13.3. The van der Waals surface area contributed by atoms with Gasteiger partial charge in [0, 0.05) is 25.2 Å². The molecule has 0 aliphatic carbocycles. The molecule has 1 unspecified atom stereocenters. The molecule has 2 N–H and O–H groups in total. The van der Waals surface area contributed by atoms with Crippen LogP contribution in [-0.4, -0.2) is 42.2 Å². The second kappa shape index (κ2) is 6.32. The van der Waals surface area contributed by atoms with Gasteiger partial charge in [0.25, 0.3) is 0 Å². The third-order valence-corrected chi connectivity index (χ3v) is 3.54. The molecule has 1 fully saturated rings. The lowest BCUT2D eigenvalue weighted by Gasteiger charge is -2.27. The fourth-order valence-electron chi connectivity index (χ4n) is 2.34. The first-order valence-corrected chi connectivity index (χ1v) is 6.60. The van der Waals surface area contributed by atoms with Gasteiger partial charge in [-0.3, -0.25) is 9.69 Å². The molecule has 1 aromatic carbocycles. The van der Waals surface area contributed by atoms with E-state index in [0.29, 0.717) is 19.6 Å². The van der Waals surface area contributed by atoms with Gasteiger partial charge in [0.05, 0.1) is 5.02 Å². The molecule has 1 saturated heterocycles. The van der Waals surface area contributed by atoms with Crippen molar-refractivity contribution in [2.75, 3.05) is 26.2 Å². The maximum Gasteiger partial charge on any atom is 0.325 e. The number of carbonyl (C=O) groups is 1. The third kappa shape index (κ3) is 3.23. The van der Waals surface area contributed by atoms with Gasteiger partial charge in [-0.05, 0) is 19.0 Å². The van der Waals surface area contributed by atoms with E-state index in [4.69, 9.17) is 11.6 Å². The highest BCUT2D eigenvalue weighted by Gasteiger charge is 2.30. The molecular weight excluding hydrogens is 271 g/mol. The van der Waals surface area contributed by atoms with Gasteiger partial charge >= 0.3 is 5.97 Å². The number of halogens is 2. The lowest BCUT2D eigenvalue weighted by atomic mass is 10.0. The summed E-state index contributed by atoms with van der Waals surface area (Å²) in [5.74, 6) is -1.70. The summed E-state index contributed by atoms with van der Waals surface area (Å²) in [6.07, 6.45) is 0.839. The van der Waals surface area contributed by atoms with Crippen LogP contribution in [0.15, 0.2) is 18.2 Å². The molecular formula is C13H16ClFN2O2. The summed E-state index contributed by atoms with van der Waals surface area (Å²) in [5.41, 5.74) is 0.127. The molecule has 1 aliphatic rings. The van der Waals surface area contributed by atoms with Gasteiger partial charge < -0.3 is 10.4 Å². The van der Waals surface area contributed by atoms with E-state index < -0.39 is 17.8 Å². The summed E-state index contributed by atoms with van der Waals surface area (Å²) in [5, 5.41) is 12.6. The molecule has 4 nitrogen and oxygen atoms in total. The maximum absolute atomic E-state index is 14.0. The van der Waals surface area contributed by atoms with E-state index in [9.17, 15) is 14.3 Å². The van der Waals surface area contributed by atoms with Crippen molar-refractivity contribution in [3.63, 3.8) is 0 Å². The minimum Gasteiger partial charge on any atom is -0.480 e. The first kappa shape index (κ1) is 14.2. The molecule has 1 heterocycles. The smallest absolute Gasteiger partial charge is 0.325 e. The Kier molecular flexibility index (Phi) is 4.74. The maximum atomic E-state index is 14.0. The predicted octanol–water partition coefficient (Wildman–Crippen LogP) is 1.90. The Morgan fingerprint density at radius 2 is 2.21 bits per heavy atom. The molecule has 0 spiro atoms. The number of carboxylic acid groups (broad SMARTS) is 1. The molecule has 0 saturated carbocycles. The minimum absolute atomic E-state index is 0.0447. The Morgan fingerprint density at radius 3 is 2.95 bits per heavy atom. The number of hydrogen-bond acceptors (Lipinski definition) is 3. The van der Waals surface area contributed by atoms with Crippen LogP contribution in [-0.2, 0) is 4.79 Å². The first-order chi connectivity index (χ1) is 9.11. The van der Waals surface area contributed by atoms with Crippen LogP contribution in [0.1, 0.15) is 18.0 Å². The van der Waals surface area contributed by atoms with Crippen molar-refractivity contribution in [1.82, 2.24) is 10.2 Å². The standard InChI is InChI=1S/C13H16ClFN2O2/c14-10-4-1-3-9(11(10)15)12(13(18)19)17-7-2-5-16-6-8-17/h1,3-4,12,16H,2,5-8H2,(H,18,19). The zero-order valence-corrected chi connectivity index (χ0v) is 11.2. The Hall–Kier alpha value is -1.17. The molecule has 104 valence electrons. The van der Waals surface area contributed by atoms with Crippen LogP contribution in [0.4, 0.5) is 4.39 Å².